The third-order valence-electron chi connectivity index (χ3n) is 4.76. The Labute approximate surface area is 158 Å². The predicted octanol–water partition coefficient (Wildman–Crippen LogP) is 3.91. The molecule has 1 aliphatic rings. The second-order valence-corrected chi connectivity index (χ2v) is 6.62. The number of likely N-dealkylation sites (N-methyl/N-ethyl adjacent to an activating group) is 1. The van der Waals surface area contributed by atoms with E-state index in [1.165, 1.54) is 17.7 Å². The van der Waals surface area contributed by atoms with Crippen LogP contribution in [0.5, 0.6) is 5.75 Å². The third kappa shape index (κ3) is 3.94. The number of ether oxygens (including phenoxy) is 1. The molecule has 0 aromatic heterocycles. The number of benzene rings is 2. The second-order valence-electron chi connectivity index (χ2n) is 6.62. The maximum absolute atomic E-state index is 12.4. The summed E-state index contributed by atoms with van der Waals surface area (Å²) < 4.78 is 29.3. The SMILES string of the molecule is C=CCCc1cccc(C2(c3ccc(OC(F)F)cc3)CN(C)C(N)=N2)c1. The predicted molar refractivity (Wildman–Crippen MR) is 103 cm³/mol. The Hall–Kier alpha value is -2.89. The van der Waals surface area contributed by atoms with Gasteiger partial charge < -0.3 is 15.4 Å². The molecule has 2 aromatic rings. The fourth-order valence-electron chi connectivity index (χ4n) is 3.38. The van der Waals surface area contributed by atoms with Crippen LogP contribution in [0.3, 0.4) is 0 Å². The number of nitrogens with two attached hydrogens (primary N) is 1. The van der Waals surface area contributed by atoms with Gasteiger partial charge in [-0.2, -0.15) is 8.78 Å². The highest BCUT2D eigenvalue weighted by Crippen LogP contribution is 2.39. The highest BCUT2D eigenvalue weighted by atomic mass is 19.3. The Morgan fingerprint density at radius 1 is 1.26 bits per heavy atom. The van der Waals surface area contributed by atoms with E-state index < -0.39 is 12.2 Å². The molecule has 4 nitrogen and oxygen atoms in total. The van der Waals surface area contributed by atoms with E-state index in [9.17, 15) is 8.78 Å². The molecule has 0 spiro atoms. The summed E-state index contributed by atoms with van der Waals surface area (Å²) in [7, 11) is 1.89. The van der Waals surface area contributed by atoms with Gasteiger partial charge in [0.2, 0.25) is 0 Å². The average molecular weight is 371 g/mol. The third-order valence-corrected chi connectivity index (χ3v) is 4.76. The highest BCUT2D eigenvalue weighted by molar-refractivity contribution is 5.81. The van der Waals surface area contributed by atoms with E-state index in [1.807, 2.05) is 30.2 Å². The molecule has 0 amide bonds. The zero-order valence-electron chi connectivity index (χ0n) is 15.2. The van der Waals surface area contributed by atoms with Crippen LogP contribution in [0.1, 0.15) is 23.1 Å². The van der Waals surface area contributed by atoms with Gasteiger partial charge in [0.05, 0.1) is 6.54 Å². The quantitative estimate of drug-likeness (QED) is 0.751. The van der Waals surface area contributed by atoms with Gasteiger partial charge in [-0.05, 0) is 41.7 Å². The monoisotopic (exact) mass is 371 g/mol. The fraction of sp³-hybridized carbons (Fsp3) is 0.286. The number of alkyl halides is 2. The van der Waals surface area contributed by atoms with E-state index in [1.54, 1.807) is 12.1 Å². The number of guanidine groups is 1. The Balaban J connectivity index is 2.03. The molecular weight excluding hydrogens is 348 g/mol. The number of allylic oxidation sites excluding steroid dienone is 1. The van der Waals surface area contributed by atoms with Gasteiger partial charge in [-0.3, -0.25) is 0 Å². The Morgan fingerprint density at radius 2 is 2.00 bits per heavy atom. The first-order valence-electron chi connectivity index (χ1n) is 8.77. The first-order chi connectivity index (χ1) is 12.9. The summed E-state index contributed by atoms with van der Waals surface area (Å²) in [5.74, 6) is 0.561. The Morgan fingerprint density at radius 3 is 2.59 bits per heavy atom. The van der Waals surface area contributed by atoms with Crippen LogP contribution in [0.15, 0.2) is 66.2 Å². The second kappa shape index (κ2) is 7.78. The summed E-state index contributed by atoms with van der Waals surface area (Å²) in [6.45, 7) is 1.49. The lowest BCUT2D eigenvalue weighted by atomic mass is 9.82. The van der Waals surface area contributed by atoms with Gasteiger partial charge in [-0.15, -0.1) is 6.58 Å². The maximum atomic E-state index is 12.4. The van der Waals surface area contributed by atoms with E-state index in [0.29, 0.717) is 12.5 Å². The summed E-state index contributed by atoms with van der Waals surface area (Å²) in [4.78, 5) is 6.65. The molecular formula is C21H23F2N3O. The van der Waals surface area contributed by atoms with Gasteiger partial charge in [0.1, 0.15) is 11.3 Å². The van der Waals surface area contributed by atoms with E-state index in [4.69, 9.17) is 10.7 Å². The van der Waals surface area contributed by atoms with Crippen LogP contribution in [0.2, 0.25) is 0 Å². The van der Waals surface area contributed by atoms with Crippen LogP contribution >= 0.6 is 0 Å². The molecule has 2 aromatic carbocycles. The summed E-state index contributed by atoms with van der Waals surface area (Å²) in [6.07, 6.45) is 3.68. The van der Waals surface area contributed by atoms with Crippen LogP contribution in [-0.2, 0) is 12.0 Å². The van der Waals surface area contributed by atoms with Gasteiger partial charge in [-0.25, -0.2) is 4.99 Å². The topological polar surface area (TPSA) is 50.9 Å². The van der Waals surface area contributed by atoms with Crippen molar-refractivity contribution in [1.82, 2.24) is 4.90 Å². The molecule has 6 heteroatoms. The van der Waals surface area contributed by atoms with Crippen molar-refractivity contribution < 1.29 is 13.5 Å². The van der Waals surface area contributed by atoms with Crippen molar-refractivity contribution in [3.63, 3.8) is 0 Å². The molecule has 0 radical (unpaired) electrons. The number of aryl methyl sites for hydroxylation is 1. The number of hydrogen-bond acceptors (Lipinski definition) is 4. The van der Waals surface area contributed by atoms with Crippen molar-refractivity contribution >= 4 is 5.96 Å². The van der Waals surface area contributed by atoms with Crippen molar-refractivity contribution in [2.75, 3.05) is 13.6 Å². The minimum Gasteiger partial charge on any atom is -0.435 e. The maximum Gasteiger partial charge on any atom is 0.387 e. The normalized spacial score (nSPS) is 19.3. The smallest absolute Gasteiger partial charge is 0.387 e. The molecule has 1 unspecified atom stereocenters. The lowest BCUT2D eigenvalue weighted by Crippen LogP contribution is -2.34. The zero-order chi connectivity index (χ0) is 19.4. The van der Waals surface area contributed by atoms with Crippen LogP contribution in [0.25, 0.3) is 0 Å². The number of nitrogens with zero attached hydrogens (tertiary/aromatic N) is 2. The van der Waals surface area contributed by atoms with Gasteiger partial charge in [0.25, 0.3) is 0 Å². The molecule has 2 N–H and O–H groups in total. The first-order valence-corrected chi connectivity index (χ1v) is 8.77. The molecule has 0 saturated carbocycles. The van der Waals surface area contributed by atoms with Crippen molar-refractivity contribution in [3.05, 3.63) is 77.9 Å². The largest absolute Gasteiger partial charge is 0.435 e. The first kappa shape index (κ1) is 18.9. The average Bonchev–Trinajstić information content (AvgIpc) is 2.96. The summed E-state index contributed by atoms with van der Waals surface area (Å²) >= 11 is 0. The van der Waals surface area contributed by atoms with Crippen molar-refractivity contribution in [1.29, 1.82) is 0 Å². The number of aliphatic imine (C=N–C) groups is 1. The van der Waals surface area contributed by atoms with Crippen LogP contribution in [-0.4, -0.2) is 31.1 Å². The van der Waals surface area contributed by atoms with E-state index in [2.05, 4.69) is 23.4 Å². The lowest BCUT2D eigenvalue weighted by Gasteiger charge is -2.28. The van der Waals surface area contributed by atoms with E-state index in [0.717, 1.165) is 24.0 Å². The molecule has 27 heavy (non-hydrogen) atoms. The number of hydrogen-bond donors (Lipinski definition) is 1. The minimum atomic E-state index is -2.85. The lowest BCUT2D eigenvalue weighted by molar-refractivity contribution is -0.0498. The van der Waals surface area contributed by atoms with E-state index >= 15 is 0 Å². The summed E-state index contributed by atoms with van der Waals surface area (Å²) in [6, 6.07) is 14.8. The fourth-order valence-corrected chi connectivity index (χ4v) is 3.38. The molecule has 3 rings (SSSR count). The Kier molecular flexibility index (Phi) is 5.44. The van der Waals surface area contributed by atoms with Crippen LogP contribution < -0.4 is 10.5 Å². The van der Waals surface area contributed by atoms with Crippen molar-refractivity contribution in [3.8, 4) is 5.75 Å². The molecule has 0 saturated heterocycles. The minimum absolute atomic E-state index is 0.118. The summed E-state index contributed by atoms with van der Waals surface area (Å²) in [5.41, 5.74) is 8.47. The van der Waals surface area contributed by atoms with Crippen LogP contribution in [0.4, 0.5) is 8.78 Å². The number of rotatable bonds is 7. The molecule has 1 aliphatic heterocycles. The van der Waals surface area contributed by atoms with Gasteiger partial charge in [0.15, 0.2) is 5.96 Å². The van der Waals surface area contributed by atoms with Crippen molar-refractivity contribution in [2.24, 2.45) is 10.7 Å². The van der Waals surface area contributed by atoms with E-state index in [-0.39, 0.29) is 5.75 Å². The molecule has 142 valence electrons. The molecule has 1 heterocycles. The summed E-state index contributed by atoms with van der Waals surface area (Å²) in [5, 5.41) is 0. The standard InChI is InChI=1S/C21H23F2N3O/c1-3-4-6-15-7-5-8-17(13-15)21(14-26(2)20(24)25-21)16-9-11-18(12-10-16)27-19(22)23/h3,5,7-13,19H,1,4,6,14H2,2H3,(H2,24,25). The molecule has 0 fully saturated rings. The van der Waals surface area contributed by atoms with Gasteiger partial charge in [0, 0.05) is 7.05 Å². The van der Waals surface area contributed by atoms with Gasteiger partial charge >= 0.3 is 6.61 Å². The number of halogens is 2. The molecule has 0 bridgehead atoms. The molecule has 1 atom stereocenters. The highest BCUT2D eigenvalue weighted by Gasteiger charge is 2.40. The zero-order valence-corrected chi connectivity index (χ0v) is 15.2. The van der Waals surface area contributed by atoms with Gasteiger partial charge in [-0.1, -0.05) is 42.5 Å². The Bertz CT molecular complexity index is 836. The van der Waals surface area contributed by atoms with Crippen molar-refractivity contribution in [2.45, 2.75) is 25.0 Å². The van der Waals surface area contributed by atoms with Crippen LogP contribution in [0, 0.1) is 0 Å². The molecule has 0 aliphatic carbocycles.